The highest BCUT2D eigenvalue weighted by molar-refractivity contribution is 4.99. The molecule has 2 heteroatoms. The molecule has 0 aliphatic heterocycles. The molecular weight excluding hydrogens is 472 g/mol. The summed E-state index contributed by atoms with van der Waals surface area (Å²) in [6.45, 7) is 0. The highest BCUT2D eigenvalue weighted by Crippen LogP contribution is 2.52. The predicted molar refractivity (Wildman–Crippen MR) is 166 cm³/mol. The molecule has 0 spiro atoms. The number of hydrogen-bond donors (Lipinski definition) is 2. The summed E-state index contributed by atoms with van der Waals surface area (Å²) in [4.78, 5) is 0. The van der Waals surface area contributed by atoms with Gasteiger partial charge in [0.05, 0.1) is 0 Å². The van der Waals surface area contributed by atoms with Crippen molar-refractivity contribution in [3.8, 4) is 0 Å². The third-order valence-electron chi connectivity index (χ3n) is 14.1. The van der Waals surface area contributed by atoms with Crippen LogP contribution in [0, 0.1) is 59.2 Å². The summed E-state index contributed by atoms with van der Waals surface area (Å²) < 4.78 is 0. The molecule has 6 rings (SSSR count). The van der Waals surface area contributed by atoms with Crippen LogP contribution >= 0.6 is 0 Å². The van der Waals surface area contributed by atoms with E-state index in [2.05, 4.69) is 0 Å². The molecule has 39 heavy (non-hydrogen) atoms. The van der Waals surface area contributed by atoms with Crippen LogP contribution in [0.3, 0.4) is 0 Å². The molecule has 0 radical (unpaired) electrons. The summed E-state index contributed by atoms with van der Waals surface area (Å²) in [5.41, 5.74) is 14.6. The van der Waals surface area contributed by atoms with Gasteiger partial charge in [0.25, 0.3) is 0 Å². The van der Waals surface area contributed by atoms with Crippen molar-refractivity contribution in [1.82, 2.24) is 0 Å². The van der Waals surface area contributed by atoms with Crippen LogP contribution in [0.4, 0.5) is 0 Å². The van der Waals surface area contributed by atoms with Gasteiger partial charge in [0.2, 0.25) is 0 Å². The van der Waals surface area contributed by atoms with Crippen LogP contribution in [0.25, 0.3) is 0 Å². The molecule has 4 unspecified atom stereocenters. The Hall–Kier alpha value is -0.0800. The zero-order valence-corrected chi connectivity index (χ0v) is 25.8. The van der Waals surface area contributed by atoms with Gasteiger partial charge < -0.3 is 11.5 Å². The maximum atomic E-state index is 7.32. The molecule has 4 N–H and O–H groups in total. The fraction of sp³-hybridized carbons (Fsp3) is 1.00. The number of hydrogen-bond acceptors (Lipinski definition) is 2. The SMILES string of the molecule is NC1C(C2CCCCC2)CC(CC2CC(C3CCCCC3)C(N)C(C3CCCCC3)C2)CC1C1CCCCC1. The number of nitrogens with two attached hydrogens (primary N) is 2. The fourth-order valence-electron chi connectivity index (χ4n) is 12.1. The van der Waals surface area contributed by atoms with Crippen LogP contribution in [0.2, 0.25) is 0 Å². The Balaban J connectivity index is 1.19. The van der Waals surface area contributed by atoms with Gasteiger partial charge in [0.1, 0.15) is 0 Å². The van der Waals surface area contributed by atoms with Crippen molar-refractivity contribution < 1.29 is 0 Å². The summed E-state index contributed by atoms with van der Waals surface area (Å²) in [6.07, 6.45) is 36.9. The highest BCUT2D eigenvalue weighted by Gasteiger charge is 2.46. The molecule has 0 aromatic rings. The van der Waals surface area contributed by atoms with E-state index < -0.39 is 0 Å². The van der Waals surface area contributed by atoms with Crippen molar-refractivity contribution in [2.75, 3.05) is 0 Å². The van der Waals surface area contributed by atoms with Crippen molar-refractivity contribution in [2.45, 2.75) is 173 Å². The standard InChI is InChI=1S/C37H66N2/c38-36-32(28-13-5-1-6-14-28)22-26(23-33(36)29-15-7-2-8-16-29)21-27-24-34(30-17-9-3-10-18-30)37(39)35(25-27)31-19-11-4-12-20-31/h26-37H,1-25,38-39H2. The summed E-state index contributed by atoms with van der Waals surface area (Å²) in [6, 6.07) is 0.995. The second kappa shape index (κ2) is 13.9. The Kier molecular flexibility index (Phi) is 10.4. The van der Waals surface area contributed by atoms with E-state index in [0.717, 1.165) is 59.2 Å². The normalized spacial score (nSPS) is 42.9. The molecule has 6 aliphatic carbocycles. The van der Waals surface area contributed by atoms with Gasteiger partial charge in [-0.3, -0.25) is 0 Å². The summed E-state index contributed by atoms with van der Waals surface area (Å²) >= 11 is 0. The van der Waals surface area contributed by atoms with Gasteiger partial charge in [-0.1, -0.05) is 128 Å². The van der Waals surface area contributed by atoms with Crippen LogP contribution < -0.4 is 11.5 Å². The average Bonchev–Trinajstić information content (AvgIpc) is 3.00. The van der Waals surface area contributed by atoms with Crippen LogP contribution in [0.5, 0.6) is 0 Å². The molecule has 6 aliphatic rings. The van der Waals surface area contributed by atoms with E-state index in [-0.39, 0.29) is 0 Å². The van der Waals surface area contributed by atoms with Crippen LogP contribution in [0.1, 0.15) is 161 Å². The lowest BCUT2D eigenvalue weighted by atomic mass is 9.56. The van der Waals surface area contributed by atoms with Crippen molar-refractivity contribution in [3.05, 3.63) is 0 Å². The minimum absolute atomic E-state index is 0.497. The molecule has 4 atom stereocenters. The van der Waals surface area contributed by atoms with E-state index in [0.29, 0.717) is 12.1 Å². The first-order valence-electron chi connectivity index (χ1n) is 18.7. The Morgan fingerprint density at radius 3 is 0.795 bits per heavy atom. The lowest BCUT2D eigenvalue weighted by Crippen LogP contribution is -2.51. The second-order valence-electron chi connectivity index (χ2n) is 16.3. The van der Waals surface area contributed by atoms with Gasteiger partial charge in [0.15, 0.2) is 0 Å². The largest absolute Gasteiger partial charge is 0.327 e. The van der Waals surface area contributed by atoms with Gasteiger partial charge in [-0.05, 0) is 91.3 Å². The molecule has 6 fully saturated rings. The third kappa shape index (κ3) is 6.95. The first kappa shape index (κ1) is 29.0. The van der Waals surface area contributed by atoms with Gasteiger partial charge in [-0.25, -0.2) is 0 Å². The topological polar surface area (TPSA) is 52.0 Å². The van der Waals surface area contributed by atoms with Gasteiger partial charge in [-0.2, -0.15) is 0 Å². The minimum Gasteiger partial charge on any atom is -0.327 e. The molecule has 0 saturated heterocycles. The zero-order chi connectivity index (χ0) is 26.6. The first-order valence-corrected chi connectivity index (χ1v) is 18.7. The molecule has 0 amide bonds. The summed E-state index contributed by atoms with van der Waals surface area (Å²) in [5, 5.41) is 0. The lowest BCUT2D eigenvalue weighted by Gasteiger charge is -2.51. The Morgan fingerprint density at radius 1 is 0.333 bits per heavy atom. The average molecular weight is 539 g/mol. The van der Waals surface area contributed by atoms with Crippen LogP contribution in [-0.4, -0.2) is 12.1 Å². The van der Waals surface area contributed by atoms with E-state index in [1.165, 1.54) is 161 Å². The van der Waals surface area contributed by atoms with Crippen molar-refractivity contribution in [2.24, 2.45) is 70.6 Å². The van der Waals surface area contributed by atoms with E-state index in [4.69, 9.17) is 11.5 Å². The molecule has 6 saturated carbocycles. The first-order chi connectivity index (χ1) is 19.2. The highest BCUT2D eigenvalue weighted by atomic mass is 14.7. The van der Waals surface area contributed by atoms with Crippen molar-refractivity contribution in [3.63, 3.8) is 0 Å². The minimum atomic E-state index is 0.497. The zero-order valence-electron chi connectivity index (χ0n) is 25.8. The van der Waals surface area contributed by atoms with Crippen LogP contribution in [-0.2, 0) is 0 Å². The maximum Gasteiger partial charge on any atom is 0.0101 e. The molecule has 0 aromatic carbocycles. The summed E-state index contributed by atoms with van der Waals surface area (Å²) in [7, 11) is 0. The summed E-state index contributed by atoms with van der Waals surface area (Å²) in [5.74, 6) is 8.94. The smallest absolute Gasteiger partial charge is 0.0101 e. The van der Waals surface area contributed by atoms with Crippen molar-refractivity contribution in [1.29, 1.82) is 0 Å². The quantitative estimate of drug-likeness (QED) is 0.353. The molecule has 2 nitrogen and oxygen atoms in total. The predicted octanol–water partition coefficient (Wildman–Crippen LogP) is 9.64. The Bertz CT molecular complexity index is 595. The molecule has 0 heterocycles. The molecular formula is C37H66N2. The monoisotopic (exact) mass is 539 g/mol. The Morgan fingerprint density at radius 2 is 0.564 bits per heavy atom. The van der Waals surface area contributed by atoms with Crippen molar-refractivity contribution >= 4 is 0 Å². The molecule has 0 aromatic heterocycles. The lowest BCUT2D eigenvalue weighted by molar-refractivity contribution is 0.0171. The van der Waals surface area contributed by atoms with E-state index in [1.54, 1.807) is 0 Å². The number of rotatable bonds is 6. The van der Waals surface area contributed by atoms with E-state index >= 15 is 0 Å². The molecule has 0 bridgehead atoms. The van der Waals surface area contributed by atoms with Gasteiger partial charge >= 0.3 is 0 Å². The third-order valence-corrected chi connectivity index (χ3v) is 14.1. The maximum absolute atomic E-state index is 7.32. The van der Waals surface area contributed by atoms with Crippen LogP contribution in [0.15, 0.2) is 0 Å². The second-order valence-corrected chi connectivity index (χ2v) is 16.3. The fourth-order valence-corrected chi connectivity index (χ4v) is 12.1. The van der Waals surface area contributed by atoms with Gasteiger partial charge in [0, 0.05) is 12.1 Å². The van der Waals surface area contributed by atoms with E-state index in [9.17, 15) is 0 Å². The Labute approximate surface area is 243 Å². The van der Waals surface area contributed by atoms with E-state index in [1.807, 2.05) is 0 Å². The molecule has 224 valence electrons. The van der Waals surface area contributed by atoms with Gasteiger partial charge in [-0.15, -0.1) is 0 Å².